The Morgan fingerprint density at radius 3 is 2.61 bits per heavy atom. The van der Waals surface area contributed by atoms with Crippen molar-refractivity contribution in [3.8, 4) is 23.3 Å². The van der Waals surface area contributed by atoms with E-state index in [-0.39, 0.29) is 5.88 Å². The zero-order chi connectivity index (χ0) is 26.4. The number of hydrogen-bond acceptors (Lipinski definition) is 8. The van der Waals surface area contributed by atoms with Gasteiger partial charge in [-0.05, 0) is 56.9 Å². The number of aryl methyl sites for hydroxylation is 2. The normalized spacial score (nSPS) is 13.3. The molecule has 0 amide bonds. The molecular weight excluding hydrogens is 494 g/mol. The summed E-state index contributed by atoms with van der Waals surface area (Å²) in [5.74, 6) is 2.56. The molecule has 0 spiro atoms. The summed E-state index contributed by atoms with van der Waals surface area (Å²) in [5.41, 5.74) is 4.65. The number of nitrogens with one attached hydrogen (secondary N) is 1. The second-order valence-corrected chi connectivity index (χ2v) is 9.11. The second-order valence-electron chi connectivity index (χ2n) is 9.11. The maximum atomic E-state index is 12.8. The third-order valence-corrected chi connectivity index (χ3v) is 6.36. The Kier molecular flexibility index (Phi) is 5.86. The fourth-order valence-electron chi connectivity index (χ4n) is 4.36. The predicted molar refractivity (Wildman–Crippen MR) is 136 cm³/mol. The topological polar surface area (TPSA) is 105 Å². The Morgan fingerprint density at radius 1 is 1.05 bits per heavy atom. The summed E-state index contributed by atoms with van der Waals surface area (Å²) >= 11 is 0. The van der Waals surface area contributed by atoms with Gasteiger partial charge in [-0.15, -0.1) is 10.2 Å². The van der Waals surface area contributed by atoms with Gasteiger partial charge in [-0.25, -0.2) is 14.6 Å². The van der Waals surface area contributed by atoms with Crippen molar-refractivity contribution >= 4 is 22.5 Å². The van der Waals surface area contributed by atoms with Crippen LogP contribution in [0.5, 0.6) is 11.6 Å². The van der Waals surface area contributed by atoms with Gasteiger partial charge in [-0.2, -0.15) is 13.9 Å². The minimum atomic E-state index is -2.95. The molecular formula is C26H24F2N8O2. The fraction of sp³-hybridized carbons (Fsp3) is 0.269. The van der Waals surface area contributed by atoms with E-state index in [4.69, 9.17) is 9.72 Å². The number of hydrogen-bond donors (Lipinski definition) is 1. The van der Waals surface area contributed by atoms with Crippen molar-refractivity contribution in [1.82, 2.24) is 34.5 Å². The molecule has 0 atom stereocenters. The molecule has 194 valence electrons. The van der Waals surface area contributed by atoms with E-state index in [0.29, 0.717) is 46.0 Å². The number of nitrogens with zero attached hydrogens (tertiary/aromatic N) is 7. The second kappa shape index (κ2) is 9.36. The van der Waals surface area contributed by atoms with Gasteiger partial charge in [0.25, 0.3) is 0 Å². The zero-order valence-electron chi connectivity index (χ0n) is 20.9. The van der Waals surface area contributed by atoms with E-state index < -0.39 is 6.61 Å². The molecule has 4 heterocycles. The third kappa shape index (κ3) is 4.49. The molecule has 1 fully saturated rings. The molecule has 6 rings (SSSR count). The highest BCUT2D eigenvalue weighted by Gasteiger charge is 2.29. The first-order chi connectivity index (χ1) is 18.4. The van der Waals surface area contributed by atoms with Crippen LogP contribution >= 0.6 is 0 Å². The monoisotopic (exact) mass is 518 g/mol. The Labute approximate surface area is 216 Å². The van der Waals surface area contributed by atoms with Gasteiger partial charge in [0, 0.05) is 23.4 Å². The molecule has 0 aliphatic heterocycles. The molecule has 38 heavy (non-hydrogen) atoms. The standard InChI is InChI=1S/C26H24F2N8O2/c1-14-4-8-22(33-32-14)30-19-11-18-20(12-21(19)37-3)35(13-29-18)23-9-7-17(16-5-6-16)25(31-23)36-15(2)10-24(34-36)38-26(27)28/h4,7-13,16,26H,5-6H2,1-3H3,(H,30,33). The Morgan fingerprint density at radius 2 is 1.89 bits per heavy atom. The van der Waals surface area contributed by atoms with Crippen LogP contribution < -0.4 is 14.8 Å². The van der Waals surface area contributed by atoms with Crippen molar-refractivity contribution in [2.24, 2.45) is 0 Å². The maximum absolute atomic E-state index is 12.8. The van der Waals surface area contributed by atoms with Gasteiger partial charge >= 0.3 is 6.61 Å². The Hall–Kier alpha value is -4.61. The van der Waals surface area contributed by atoms with E-state index in [0.717, 1.165) is 29.6 Å². The summed E-state index contributed by atoms with van der Waals surface area (Å²) < 4.78 is 39.2. The summed E-state index contributed by atoms with van der Waals surface area (Å²) in [5, 5.41) is 15.7. The van der Waals surface area contributed by atoms with Crippen LogP contribution in [-0.4, -0.2) is 48.2 Å². The number of imidazole rings is 1. The number of halogens is 2. The third-order valence-electron chi connectivity index (χ3n) is 6.36. The van der Waals surface area contributed by atoms with Crippen molar-refractivity contribution in [2.75, 3.05) is 12.4 Å². The highest BCUT2D eigenvalue weighted by molar-refractivity contribution is 5.85. The summed E-state index contributed by atoms with van der Waals surface area (Å²) in [6, 6.07) is 12.9. The number of alkyl halides is 2. The number of benzene rings is 1. The molecule has 0 unspecified atom stereocenters. The van der Waals surface area contributed by atoms with Gasteiger partial charge in [-0.1, -0.05) is 6.07 Å². The highest BCUT2D eigenvalue weighted by atomic mass is 19.3. The lowest BCUT2D eigenvalue weighted by Crippen LogP contribution is -2.09. The smallest absolute Gasteiger partial charge is 0.388 e. The molecule has 1 saturated carbocycles. The minimum Gasteiger partial charge on any atom is -0.494 e. The van der Waals surface area contributed by atoms with Crippen LogP contribution in [0.3, 0.4) is 0 Å². The van der Waals surface area contributed by atoms with E-state index >= 15 is 0 Å². The average Bonchev–Trinajstić information content (AvgIpc) is 3.57. The maximum Gasteiger partial charge on any atom is 0.388 e. The number of fused-ring (bicyclic) bond motifs is 1. The largest absolute Gasteiger partial charge is 0.494 e. The zero-order valence-corrected chi connectivity index (χ0v) is 20.9. The van der Waals surface area contributed by atoms with Crippen molar-refractivity contribution in [3.05, 3.63) is 65.7 Å². The van der Waals surface area contributed by atoms with Crippen molar-refractivity contribution < 1.29 is 18.3 Å². The number of anilines is 2. The van der Waals surface area contributed by atoms with Crippen LogP contribution in [0, 0.1) is 13.8 Å². The average molecular weight is 519 g/mol. The molecule has 0 bridgehead atoms. The van der Waals surface area contributed by atoms with E-state index in [1.54, 1.807) is 25.0 Å². The van der Waals surface area contributed by atoms with Crippen molar-refractivity contribution in [3.63, 3.8) is 0 Å². The number of ether oxygens (including phenoxy) is 2. The lowest BCUT2D eigenvalue weighted by Gasteiger charge is -2.14. The molecule has 0 saturated heterocycles. The first-order valence-electron chi connectivity index (χ1n) is 12.0. The first kappa shape index (κ1) is 23.8. The molecule has 1 N–H and O–H groups in total. The Balaban J connectivity index is 1.41. The Bertz CT molecular complexity index is 1630. The van der Waals surface area contributed by atoms with E-state index in [9.17, 15) is 8.78 Å². The number of pyridine rings is 1. The lowest BCUT2D eigenvalue weighted by atomic mass is 10.1. The number of rotatable bonds is 8. The summed E-state index contributed by atoms with van der Waals surface area (Å²) in [4.78, 5) is 9.49. The molecule has 1 aromatic carbocycles. The van der Waals surface area contributed by atoms with Crippen LogP contribution in [0.4, 0.5) is 20.3 Å². The number of methoxy groups -OCH3 is 1. The lowest BCUT2D eigenvalue weighted by molar-refractivity contribution is -0.0530. The quantitative estimate of drug-likeness (QED) is 0.297. The summed E-state index contributed by atoms with van der Waals surface area (Å²) in [6.07, 6.45) is 3.77. The van der Waals surface area contributed by atoms with Gasteiger partial charge in [-0.3, -0.25) is 4.57 Å². The minimum absolute atomic E-state index is 0.150. The van der Waals surface area contributed by atoms with Gasteiger partial charge in [0.05, 0.1) is 29.5 Å². The SMILES string of the molecule is COc1cc2c(cc1Nc1ccc(C)nn1)ncn2-c1ccc(C2CC2)c(-n2nc(OC(F)F)cc2C)n1. The fourth-order valence-corrected chi connectivity index (χ4v) is 4.36. The molecule has 12 heteroatoms. The van der Waals surface area contributed by atoms with E-state index in [1.807, 2.05) is 47.9 Å². The van der Waals surface area contributed by atoms with Gasteiger partial charge in [0.2, 0.25) is 5.88 Å². The molecule has 5 aromatic rings. The molecule has 0 radical (unpaired) electrons. The van der Waals surface area contributed by atoms with Crippen LogP contribution in [0.25, 0.3) is 22.7 Å². The summed E-state index contributed by atoms with van der Waals surface area (Å²) in [7, 11) is 1.59. The van der Waals surface area contributed by atoms with Gasteiger partial charge < -0.3 is 14.8 Å². The van der Waals surface area contributed by atoms with Gasteiger partial charge in [0.15, 0.2) is 11.6 Å². The molecule has 4 aromatic heterocycles. The highest BCUT2D eigenvalue weighted by Crippen LogP contribution is 2.43. The molecule has 10 nitrogen and oxygen atoms in total. The number of aromatic nitrogens is 7. The van der Waals surface area contributed by atoms with Crippen LogP contribution in [0.1, 0.15) is 35.7 Å². The predicted octanol–water partition coefficient (Wildman–Crippen LogP) is 5.24. The molecule has 1 aliphatic rings. The van der Waals surface area contributed by atoms with Crippen LogP contribution in [0.15, 0.2) is 48.8 Å². The molecule has 1 aliphatic carbocycles. The summed E-state index contributed by atoms with van der Waals surface area (Å²) in [6.45, 7) is 0.696. The first-order valence-corrected chi connectivity index (χ1v) is 12.0. The van der Waals surface area contributed by atoms with Crippen LogP contribution in [-0.2, 0) is 0 Å². The van der Waals surface area contributed by atoms with E-state index in [1.165, 1.54) is 6.07 Å². The van der Waals surface area contributed by atoms with Crippen molar-refractivity contribution in [2.45, 2.75) is 39.2 Å². The van der Waals surface area contributed by atoms with Crippen LogP contribution in [0.2, 0.25) is 0 Å². The van der Waals surface area contributed by atoms with E-state index in [2.05, 4.69) is 30.3 Å². The van der Waals surface area contributed by atoms with Gasteiger partial charge in [0.1, 0.15) is 17.9 Å². The van der Waals surface area contributed by atoms with Crippen molar-refractivity contribution in [1.29, 1.82) is 0 Å².